The molecular formula is C14H16N2O2S. The van der Waals surface area contributed by atoms with E-state index in [1.807, 2.05) is 18.2 Å². The number of hydrogen-bond donors (Lipinski definition) is 1. The van der Waals surface area contributed by atoms with E-state index in [-0.39, 0.29) is 17.9 Å². The largest absolute Gasteiger partial charge is 0.486 e. The second-order valence-electron chi connectivity index (χ2n) is 5.15. The Balaban J connectivity index is 2.00. The van der Waals surface area contributed by atoms with E-state index in [0.29, 0.717) is 11.6 Å². The van der Waals surface area contributed by atoms with E-state index in [1.165, 1.54) is 0 Å². The maximum absolute atomic E-state index is 11.5. The Morgan fingerprint density at radius 3 is 3.11 bits per heavy atom. The minimum absolute atomic E-state index is 0.122. The molecule has 2 heterocycles. The van der Waals surface area contributed by atoms with Crippen LogP contribution in [0.15, 0.2) is 23.2 Å². The highest BCUT2D eigenvalue weighted by Gasteiger charge is 2.30. The van der Waals surface area contributed by atoms with Crippen molar-refractivity contribution in [1.29, 1.82) is 0 Å². The topological polar surface area (TPSA) is 64.7 Å². The highest BCUT2D eigenvalue weighted by Crippen LogP contribution is 2.37. The van der Waals surface area contributed by atoms with E-state index in [0.717, 1.165) is 29.1 Å². The summed E-state index contributed by atoms with van der Waals surface area (Å²) in [5.41, 5.74) is 7.62. The lowest BCUT2D eigenvalue weighted by Gasteiger charge is -2.30. The summed E-state index contributed by atoms with van der Waals surface area (Å²) in [5, 5.41) is 0.638. The molecule has 19 heavy (non-hydrogen) atoms. The summed E-state index contributed by atoms with van der Waals surface area (Å²) in [4.78, 5) is 16.1. The number of nitrogens with two attached hydrogens (primary N) is 1. The highest BCUT2D eigenvalue weighted by molar-refractivity contribution is 8.13. The molecule has 4 nitrogen and oxygen atoms in total. The lowest BCUT2D eigenvalue weighted by Crippen LogP contribution is -2.29. The third kappa shape index (κ3) is 2.34. The van der Waals surface area contributed by atoms with Gasteiger partial charge >= 0.3 is 0 Å². The SMILES string of the molecule is CC1(c2ccc3c(c2)CC(=O)CO3)CCSC(N)=N1. The number of hydrogen-bond acceptors (Lipinski definition) is 5. The fraction of sp³-hybridized carbons (Fsp3) is 0.429. The molecule has 2 aliphatic heterocycles. The van der Waals surface area contributed by atoms with E-state index in [4.69, 9.17) is 10.5 Å². The van der Waals surface area contributed by atoms with Crippen LogP contribution in [0, 0.1) is 0 Å². The first-order valence-corrected chi connectivity index (χ1v) is 7.31. The van der Waals surface area contributed by atoms with Crippen molar-refractivity contribution < 1.29 is 9.53 Å². The van der Waals surface area contributed by atoms with E-state index in [9.17, 15) is 4.79 Å². The number of thioether (sulfide) groups is 1. The number of rotatable bonds is 1. The second-order valence-corrected chi connectivity index (χ2v) is 6.26. The Morgan fingerprint density at radius 1 is 1.47 bits per heavy atom. The number of benzene rings is 1. The summed E-state index contributed by atoms with van der Waals surface area (Å²) >= 11 is 1.59. The Hall–Kier alpha value is -1.49. The Morgan fingerprint density at radius 2 is 2.32 bits per heavy atom. The van der Waals surface area contributed by atoms with Gasteiger partial charge in [0.1, 0.15) is 12.4 Å². The normalized spacial score (nSPS) is 26.4. The van der Waals surface area contributed by atoms with Crippen molar-refractivity contribution in [3.63, 3.8) is 0 Å². The average molecular weight is 276 g/mol. The van der Waals surface area contributed by atoms with E-state index >= 15 is 0 Å². The molecule has 0 aromatic heterocycles. The number of nitrogens with zero attached hydrogens (tertiary/aromatic N) is 1. The minimum Gasteiger partial charge on any atom is -0.486 e. The summed E-state index contributed by atoms with van der Waals surface area (Å²) in [6, 6.07) is 6.01. The zero-order chi connectivity index (χ0) is 13.5. The number of carbonyl (C=O) groups excluding carboxylic acids is 1. The van der Waals surface area contributed by atoms with Crippen LogP contribution in [0.5, 0.6) is 5.75 Å². The lowest BCUT2D eigenvalue weighted by molar-refractivity contribution is -0.121. The molecule has 1 aromatic carbocycles. The quantitative estimate of drug-likeness (QED) is 0.850. The number of fused-ring (bicyclic) bond motifs is 1. The van der Waals surface area contributed by atoms with Gasteiger partial charge in [0.25, 0.3) is 0 Å². The molecule has 0 radical (unpaired) electrons. The van der Waals surface area contributed by atoms with Gasteiger partial charge in [-0.1, -0.05) is 17.8 Å². The molecular weight excluding hydrogens is 260 g/mol. The molecule has 0 amide bonds. The molecule has 1 aromatic rings. The molecule has 0 saturated heterocycles. The van der Waals surface area contributed by atoms with Crippen LogP contribution >= 0.6 is 11.8 Å². The molecule has 0 spiro atoms. The van der Waals surface area contributed by atoms with Crippen LogP contribution in [0.25, 0.3) is 0 Å². The molecule has 0 saturated carbocycles. The van der Waals surface area contributed by atoms with Crippen LogP contribution in [0.1, 0.15) is 24.5 Å². The van der Waals surface area contributed by atoms with E-state index in [2.05, 4.69) is 11.9 Å². The zero-order valence-electron chi connectivity index (χ0n) is 10.8. The summed E-state index contributed by atoms with van der Waals surface area (Å²) in [7, 11) is 0. The van der Waals surface area contributed by atoms with Crippen molar-refractivity contribution in [2.24, 2.45) is 10.7 Å². The van der Waals surface area contributed by atoms with Crippen molar-refractivity contribution in [3.8, 4) is 5.75 Å². The molecule has 2 aliphatic rings. The van der Waals surface area contributed by atoms with Gasteiger partial charge in [-0.05, 0) is 31.0 Å². The van der Waals surface area contributed by atoms with Crippen molar-refractivity contribution in [3.05, 3.63) is 29.3 Å². The molecule has 2 N–H and O–H groups in total. The van der Waals surface area contributed by atoms with Gasteiger partial charge < -0.3 is 10.5 Å². The molecule has 0 bridgehead atoms. The number of Topliss-reactive ketones (excluding diaryl/α,β-unsaturated/α-hetero) is 1. The van der Waals surface area contributed by atoms with Crippen molar-refractivity contribution in [2.75, 3.05) is 12.4 Å². The fourth-order valence-corrected chi connectivity index (χ4v) is 3.48. The van der Waals surface area contributed by atoms with Crippen LogP contribution < -0.4 is 10.5 Å². The Kier molecular flexibility index (Phi) is 3.01. The molecule has 3 rings (SSSR count). The summed E-state index contributed by atoms with van der Waals surface area (Å²) in [6.07, 6.45) is 1.40. The molecule has 1 atom stereocenters. The van der Waals surface area contributed by atoms with Crippen molar-refractivity contribution in [2.45, 2.75) is 25.3 Å². The van der Waals surface area contributed by atoms with Crippen molar-refractivity contribution in [1.82, 2.24) is 0 Å². The molecule has 100 valence electrons. The van der Waals surface area contributed by atoms with Crippen LogP contribution in [-0.4, -0.2) is 23.3 Å². The van der Waals surface area contributed by atoms with Gasteiger partial charge in [0, 0.05) is 17.7 Å². The van der Waals surface area contributed by atoms with Gasteiger partial charge in [-0.2, -0.15) is 0 Å². The lowest BCUT2D eigenvalue weighted by atomic mass is 9.87. The van der Waals surface area contributed by atoms with Gasteiger partial charge in [0.2, 0.25) is 0 Å². The third-order valence-electron chi connectivity index (χ3n) is 3.65. The maximum atomic E-state index is 11.5. The molecule has 5 heteroatoms. The predicted molar refractivity (Wildman–Crippen MR) is 76.7 cm³/mol. The van der Waals surface area contributed by atoms with Crippen LogP contribution in [0.2, 0.25) is 0 Å². The molecule has 1 unspecified atom stereocenters. The fourth-order valence-electron chi connectivity index (χ4n) is 2.51. The van der Waals surface area contributed by atoms with Crippen LogP contribution in [-0.2, 0) is 16.8 Å². The monoisotopic (exact) mass is 276 g/mol. The highest BCUT2D eigenvalue weighted by atomic mass is 32.2. The summed E-state index contributed by atoms with van der Waals surface area (Å²) in [6.45, 7) is 2.28. The van der Waals surface area contributed by atoms with Crippen LogP contribution in [0.3, 0.4) is 0 Å². The Labute approximate surface area is 116 Å². The van der Waals surface area contributed by atoms with Crippen molar-refractivity contribution >= 4 is 22.7 Å². The van der Waals surface area contributed by atoms with Gasteiger partial charge in [-0.25, -0.2) is 0 Å². The summed E-state index contributed by atoms with van der Waals surface area (Å²) < 4.78 is 5.42. The third-order valence-corrected chi connectivity index (χ3v) is 4.45. The first-order chi connectivity index (χ1) is 9.07. The first kappa shape index (κ1) is 12.5. The van der Waals surface area contributed by atoms with Gasteiger partial charge in [-0.15, -0.1) is 0 Å². The van der Waals surface area contributed by atoms with Gasteiger partial charge in [0.05, 0.1) is 5.54 Å². The first-order valence-electron chi connectivity index (χ1n) is 6.33. The average Bonchev–Trinajstić information content (AvgIpc) is 2.37. The smallest absolute Gasteiger partial charge is 0.174 e. The van der Waals surface area contributed by atoms with Gasteiger partial charge in [-0.3, -0.25) is 9.79 Å². The number of amidine groups is 1. The minimum atomic E-state index is -0.287. The van der Waals surface area contributed by atoms with E-state index in [1.54, 1.807) is 11.8 Å². The summed E-state index contributed by atoms with van der Waals surface area (Å²) in [5.74, 6) is 1.91. The predicted octanol–water partition coefficient (Wildman–Crippen LogP) is 1.86. The van der Waals surface area contributed by atoms with Gasteiger partial charge in [0.15, 0.2) is 11.0 Å². The number of aliphatic imine (C=N–C) groups is 1. The second kappa shape index (κ2) is 4.56. The number of ketones is 1. The van der Waals surface area contributed by atoms with E-state index < -0.39 is 0 Å². The molecule has 0 fully saturated rings. The Bertz CT molecular complexity index is 571. The van der Waals surface area contributed by atoms with Crippen LogP contribution in [0.4, 0.5) is 0 Å². The number of carbonyl (C=O) groups is 1. The maximum Gasteiger partial charge on any atom is 0.174 e. The number of ether oxygens (including phenoxy) is 1. The standard InChI is InChI=1S/C14H16N2O2S/c1-14(4-5-19-13(15)16-14)10-2-3-12-9(6-10)7-11(17)8-18-12/h2-3,6H,4-5,7-8H2,1H3,(H2,15,16). The zero-order valence-corrected chi connectivity index (χ0v) is 11.6. The molecule has 0 aliphatic carbocycles.